The lowest BCUT2D eigenvalue weighted by molar-refractivity contribution is -0.120. The van der Waals surface area contributed by atoms with Crippen LogP contribution in [0.5, 0.6) is 0 Å². The fraction of sp³-hybridized carbons (Fsp3) is 0.154. The monoisotopic (exact) mass is 305 g/mol. The van der Waals surface area contributed by atoms with Gasteiger partial charge < -0.3 is 9.73 Å². The molecule has 0 fully saturated rings. The molecule has 1 amide bonds. The van der Waals surface area contributed by atoms with Crippen LogP contribution in [0.2, 0.25) is 0 Å². The third-order valence-electron chi connectivity index (χ3n) is 2.55. The highest BCUT2D eigenvalue weighted by molar-refractivity contribution is 7.13. The normalized spacial score (nSPS) is 10.6. The number of aromatic nitrogens is 2. The highest BCUT2D eigenvalue weighted by Gasteiger charge is 2.10. The summed E-state index contributed by atoms with van der Waals surface area (Å²) in [7, 11) is 0. The Hall–Kier alpha value is -1.99. The Morgan fingerprint density at radius 1 is 1.20 bits per heavy atom. The molecule has 0 unspecified atom stereocenters. The van der Waals surface area contributed by atoms with Crippen molar-refractivity contribution in [3.05, 3.63) is 45.8 Å². The summed E-state index contributed by atoms with van der Waals surface area (Å²) in [4.78, 5) is 13.7. The number of hydrogen-bond donors (Lipinski definition) is 1. The lowest BCUT2D eigenvalue weighted by Crippen LogP contribution is -2.24. The van der Waals surface area contributed by atoms with Crippen molar-refractivity contribution in [3.63, 3.8) is 0 Å². The number of carbonyl (C=O) groups is 1. The van der Waals surface area contributed by atoms with Crippen molar-refractivity contribution in [2.24, 2.45) is 0 Å². The number of nitrogens with zero attached hydrogens (tertiary/aromatic N) is 2. The molecule has 5 nitrogen and oxygen atoms in total. The predicted molar refractivity (Wildman–Crippen MR) is 77.5 cm³/mol. The lowest BCUT2D eigenvalue weighted by Gasteiger charge is -2.00. The van der Waals surface area contributed by atoms with E-state index < -0.39 is 0 Å². The van der Waals surface area contributed by atoms with Gasteiger partial charge in [-0.25, -0.2) is 0 Å². The summed E-state index contributed by atoms with van der Waals surface area (Å²) in [5, 5.41) is 14.5. The zero-order chi connectivity index (χ0) is 13.8. The molecule has 7 heteroatoms. The van der Waals surface area contributed by atoms with Crippen LogP contribution >= 0.6 is 22.7 Å². The molecule has 0 bridgehead atoms. The summed E-state index contributed by atoms with van der Waals surface area (Å²) >= 11 is 3.10. The molecule has 0 saturated heterocycles. The minimum Gasteiger partial charge on any atom is -0.418 e. The minimum atomic E-state index is -0.0525. The number of thiophene rings is 2. The van der Waals surface area contributed by atoms with Crippen molar-refractivity contribution >= 4 is 28.6 Å². The van der Waals surface area contributed by atoms with Gasteiger partial charge in [0.2, 0.25) is 11.8 Å². The summed E-state index contributed by atoms with van der Waals surface area (Å²) in [6, 6.07) is 7.70. The molecule has 20 heavy (non-hydrogen) atoms. The fourth-order valence-electron chi connectivity index (χ4n) is 1.63. The maximum atomic E-state index is 11.7. The number of amides is 1. The minimum absolute atomic E-state index is 0.0525. The van der Waals surface area contributed by atoms with E-state index in [2.05, 4.69) is 15.5 Å². The smallest absolute Gasteiger partial charge is 0.257 e. The molecular formula is C13H11N3O2S2. The lowest BCUT2D eigenvalue weighted by atomic mass is 10.3. The van der Waals surface area contributed by atoms with Crippen molar-refractivity contribution in [3.8, 4) is 10.8 Å². The zero-order valence-electron chi connectivity index (χ0n) is 10.4. The van der Waals surface area contributed by atoms with Gasteiger partial charge in [0.05, 0.1) is 17.8 Å². The second kappa shape index (κ2) is 5.98. The van der Waals surface area contributed by atoms with E-state index in [1.54, 1.807) is 11.3 Å². The highest BCUT2D eigenvalue weighted by atomic mass is 32.1. The number of carbonyl (C=O) groups excluding carboxylic acids is 1. The van der Waals surface area contributed by atoms with Crippen LogP contribution in [0, 0.1) is 0 Å². The molecule has 3 heterocycles. The average molecular weight is 305 g/mol. The molecule has 0 atom stereocenters. The van der Waals surface area contributed by atoms with Gasteiger partial charge in [-0.1, -0.05) is 12.1 Å². The number of nitrogens with one attached hydrogen (secondary N) is 1. The first-order valence-corrected chi connectivity index (χ1v) is 7.72. The molecule has 102 valence electrons. The Bertz CT molecular complexity index is 674. The van der Waals surface area contributed by atoms with Crippen molar-refractivity contribution in [1.29, 1.82) is 0 Å². The molecule has 0 aliphatic carbocycles. The van der Waals surface area contributed by atoms with E-state index in [0.29, 0.717) is 18.2 Å². The van der Waals surface area contributed by atoms with E-state index in [4.69, 9.17) is 4.42 Å². The topological polar surface area (TPSA) is 68.0 Å². The summed E-state index contributed by atoms with van der Waals surface area (Å²) in [5.41, 5.74) is 0. The van der Waals surface area contributed by atoms with Gasteiger partial charge in [-0.2, -0.15) is 0 Å². The summed E-state index contributed by atoms with van der Waals surface area (Å²) in [6.07, 6.45) is 0.379. The van der Waals surface area contributed by atoms with E-state index in [1.165, 1.54) is 11.3 Å². The van der Waals surface area contributed by atoms with E-state index in [1.807, 2.05) is 35.0 Å². The summed E-state index contributed by atoms with van der Waals surface area (Å²) in [6.45, 7) is 0.253. The molecule has 0 spiro atoms. The fourth-order valence-corrected chi connectivity index (χ4v) is 2.98. The molecule has 3 aromatic heterocycles. The van der Waals surface area contributed by atoms with Gasteiger partial charge in [-0.15, -0.1) is 32.9 Å². The van der Waals surface area contributed by atoms with Crippen LogP contribution in [0.4, 0.5) is 0 Å². The Morgan fingerprint density at radius 2 is 2.05 bits per heavy atom. The van der Waals surface area contributed by atoms with Crippen LogP contribution in [-0.2, 0) is 17.8 Å². The maximum absolute atomic E-state index is 11.7. The average Bonchev–Trinajstić information content (AvgIpc) is 3.18. The van der Waals surface area contributed by atoms with Gasteiger partial charge in [-0.3, -0.25) is 4.79 Å². The van der Waals surface area contributed by atoms with Gasteiger partial charge in [0.25, 0.3) is 5.89 Å². The zero-order valence-corrected chi connectivity index (χ0v) is 12.0. The van der Waals surface area contributed by atoms with Gasteiger partial charge in [0.1, 0.15) is 0 Å². The van der Waals surface area contributed by atoms with Gasteiger partial charge in [0, 0.05) is 4.88 Å². The van der Waals surface area contributed by atoms with E-state index in [-0.39, 0.29) is 12.5 Å². The Labute approximate surface area is 123 Å². The maximum Gasteiger partial charge on any atom is 0.257 e. The summed E-state index contributed by atoms with van der Waals surface area (Å²) in [5.74, 6) is 0.846. The van der Waals surface area contributed by atoms with Crippen molar-refractivity contribution in [2.45, 2.75) is 13.0 Å². The number of hydrogen-bond acceptors (Lipinski definition) is 6. The predicted octanol–water partition coefficient (Wildman–Crippen LogP) is 2.72. The van der Waals surface area contributed by atoms with E-state index in [0.717, 1.165) is 9.75 Å². The van der Waals surface area contributed by atoms with Gasteiger partial charge in [0.15, 0.2) is 0 Å². The first-order chi connectivity index (χ1) is 9.81. The Morgan fingerprint density at radius 3 is 2.80 bits per heavy atom. The molecule has 0 aliphatic heterocycles. The molecule has 1 N–H and O–H groups in total. The molecule has 3 aromatic rings. The highest BCUT2D eigenvalue weighted by Crippen LogP contribution is 2.22. The molecule has 0 aliphatic rings. The molecule has 3 rings (SSSR count). The molecule has 0 aromatic carbocycles. The molecule has 0 saturated carbocycles. The second-order valence-electron chi connectivity index (χ2n) is 4.01. The Kier molecular flexibility index (Phi) is 3.89. The van der Waals surface area contributed by atoms with Crippen molar-refractivity contribution in [1.82, 2.24) is 15.5 Å². The first kappa shape index (κ1) is 13.0. The van der Waals surface area contributed by atoms with Crippen molar-refractivity contribution in [2.75, 3.05) is 0 Å². The summed E-state index contributed by atoms with van der Waals surface area (Å²) < 4.78 is 5.49. The quantitative estimate of drug-likeness (QED) is 0.787. The van der Waals surface area contributed by atoms with Crippen molar-refractivity contribution < 1.29 is 9.21 Å². The van der Waals surface area contributed by atoms with Gasteiger partial charge >= 0.3 is 0 Å². The molecular weight excluding hydrogens is 294 g/mol. The Balaban J connectivity index is 1.55. The standard InChI is InChI=1S/C13H11N3O2S2/c17-11(7-9-3-1-5-19-9)14-8-12-15-16-13(18-12)10-4-2-6-20-10/h1-6H,7-8H2,(H,14,17). The van der Waals surface area contributed by atoms with E-state index in [9.17, 15) is 4.79 Å². The van der Waals surface area contributed by atoms with Gasteiger partial charge in [-0.05, 0) is 22.9 Å². The third kappa shape index (κ3) is 3.12. The molecule has 0 radical (unpaired) electrons. The number of rotatable bonds is 5. The second-order valence-corrected chi connectivity index (χ2v) is 5.99. The van der Waals surface area contributed by atoms with E-state index >= 15 is 0 Å². The van der Waals surface area contributed by atoms with Crippen LogP contribution in [-0.4, -0.2) is 16.1 Å². The van der Waals surface area contributed by atoms with Crippen LogP contribution in [0.3, 0.4) is 0 Å². The van der Waals surface area contributed by atoms with Crippen LogP contribution in [0.25, 0.3) is 10.8 Å². The van der Waals surface area contributed by atoms with Crippen LogP contribution < -0.4 is 5.32 Å². The SMILES string of the molecule is O=C(Cc1cccs1)NCc1nnc(-c2cccs2)o1. The largest absolute Gasteiger partial charge is 0.418 e. The van der Waals surface area contributed by atoms with Crippen LogP contribution in [0.1, 0.15) is 10.8 Å². The third-order valence-corrected chi connectivity index (χ3v) is 4.28. The first-order valence-electron chi connectivity index (χ1n) is 5.96. The van der Waals surface area contributed by atoms with Crippen LogP contribution in [0.15, 0.2) is 39.4 Å².